The normalized spacial score (nSPS) is 21.0. The third kappa shape index (κ3) is 10.7. The van der Waals surface area contributed by atoms with Gasteiger partial charge in [0.25, 0.3) is 11.2 Å². The van der Waals surface area contributed by atoms with Crippen LogP contribution in [0, 0.1) is 22.0 Å². The smallest absolute Gasteiger partial charge is 0.496 e. The number of hydrogen-bond donors (Lipinski definition) is 1. The van der Waals surface area contributed by atoms with Crippen molar-refractivity contribution in [1.29, 1.82) is 0 Å². The molecule has 18 nitrogen and oxygen atoms in total. The number of benzene rings is 3. The van der Waals surface area contributed by atoms with Gasteiger partial charge in [-0.1, -0.05) is 31.0 Å². The summed E-state index contributed by atoms with van der Waals surface area (Å²) in [4.78, 5) is 65.4. The summed E-state index contributed by atoms with van der Waals surface area (Å²) in [7, 11) is 3.27. The van der Waals surface area contributed by atoms with Crippen LogP contribution in [0.3, 0.4) is 0 Å². The van der Waals surface area contributed by atoms with Crippen LogP contribution in [0.2, 0.25) is 0 Å². The van der Waals surface area contributed by atoms with E-state index in [9.17, 15) is 29.6 Å². The van der Waals surface area contributed by atoms with Gasteiger partial charge in [-0.25, -0.2) is 19.6 Å². The minimum atomic E-state index is -0.995. The van der Waals surface area contributed by atoms with Crippen molar-refractivity contribution >= 4 is 34.8 Å². The highest BCUT2D eigenvalue weighted by Crippen LogP contribution is 2.49. The number of fused-ring (bicyclic) bond motifs is 1. The van der Waals surface area contributed by atoms with E-state index in [4.69, 9.17) is 33.7 Å². The van der Waals surface area contributed by atoms with Crippen LogP contribution in [0.4, 0.5) is 21.2 Å². The Kier molecular flexibility index (Phi) is 14.4. The molecule has 5 heterocycles. The number of nitrogens with zero attached hydrogens (tertiary/aromatic N) is 7. The van der Waals surface area contributed by atoms with Gasteiger partial charge < -0.3 is 43.2 Å². The SMILES string of the molecule is COc1cc(=O)n(C)cc1-c1ccc2nc(N3CCC(CN4C[C@@H](C)N(C(=O)O)C[C@@H]4C)CC3)nc(C(COC3CCCCO3)(CC3CC3)c3ccc(OC(=O)Oc4ccc([N+](=O)[O-])cc4)cc3)c2c1. The fourth-order valence-electron chi connectivity index (χ4n) is 10.3. The summed E-state index contributed by atoms with van der Waals surface area (Å²) in [5.41, 5.74) is 2.80. The average Bonchev–Trinajstić information content (AvgIpc) is 4.19. The predicted octanol–water partition coefficient (Wildman–Crippen LogP) is 8.41. The molecule has 5 aromatic rings. The van der Waals surface area contributed by atoms with Crippen LogP contribution in [0.15, 0.2) is 83.8 Å². The Hall–Kier alpha value is -6.63. The Balaban J connectivity index is 1.10. The lowest BCUT2D eigenvalue weighted by Gasteiger charge is -2.45. The molecule has 9 rings (SSSR count). The number of rotatable bonds is 15. The highest BCUT2D eigenvalue weighted by Gasteiger charge is 2.44. The van der Waals surface area contributed by atoms with Crippen LogP contribution < -0.4 is 24.7 Å². The van der Waals surface area contributed by atoms with Crippen molar-refractivity contribution in [3.05, 3.63) is 111 Å². The third-order valence-electron chi connectivity index (χ3n) is 14.5. The molecule has 2 unspecified atom stereocenters. The fraction of sp³-hybridized carbons (Fsp3) is 0.481. The number of nitro benzene ring substituents is 1. The van der Waals surface area contributed by atoms with Crippen molar-refractivity contribution in [1.82, 2.24) is 24.3 Å². The van der Waals surface area contributed by atoms with Crippen LogP contribution in [0.25, 0.3) is 22.0 Å². The number of amides is 1. The number of aromatic nitrogens is 3. The van der Waals surface area contributed by atoms with Crippen LogP contribution in [-0.4, -0.2) is 118 Å². The number of hydrogen-bond acceptors (Lipinski definition) is 14. The van der Waals surface area contributed by atoms with Gasteiger partial charge in [-0.2, -0.15) is 0 Å². The van der Waals surface area contributed by atoms with Crippen molar-refractivity contribution in [3.63, 3.8) is 0 Å². The van der Waals surface area contributed by atoms with Gasteiger partial charge in [-0.3, -0.25) is 19.8 Å². The number of non-ortho nitro benzene ring substituents is 1. The molecule has 3 aliphatic heterocycles. The average molecular weight is 960 g/mol. The number of nitro groups is 1. The summed E-state index contributed by atoms with van der Waals surface area (Å²) in [6.45, 7) is 8.52. The molecular formula is C52H61N7O11. The van der Waals surface area contributed by atoms with Gasteiger partial charge in [-0.05, 0) is 112 Å². The summed E-state index contributed by atoms with van der Waals surface area (Å²) in [6, 6.07) is 20.1. The number of methoxy groups -OCH3 is 1. The van der Waals surface area contributed by atoms with Crippen molar-refractivity contribution in [2.45, 2.75) is 89.0 Å². The van der Waals surface area contributed by atoms with Gasteiger partial charge in [0.15, 0.2) is 6.29 Å². The molecule has 4 aliphatic rings. The molecule has 2 aromatic heterocycles. The van der Waals surface area contributed by atoms with E-state index in [-0.39, 0.29) is 41.4 Å². The van der Waals surface area contributed by atoms with Gasteiger partial charge in [0.05, 0.1) is 35.3 Å². The molecule has 3 aromatic carbocycles. The van der Waals surface area contributed by atoms with E-state index in [0.29, 0.717) is 49.7 Å². The summed E-state index contributed by atoms with van der Waals surface area (Å²) in [5.74, 6) is 2.20. The predicted molar refractivity (Wildman–Crippen MR) is 261 cm³/mol. The Labute approximate surface area is 406 Å². The fourth-order valence-corrected chi connectivity index (χ4v) is 10.3. The molecule has 0 spiro atoms. The van der Waals surface area contributed by atoms with E-state index in [1.165, 1.54) is 34.9 Å². The number of anilines is 1. The van der Waals surface area contributed by atoms with Crippen LogP contribution in [-0.2, 0) is 21.9 Å². The van der Waals surface area contributed by atoms with Crippen LogP contribution in [0.1, 0.15) is 76.5 Å². The molecule has 0 bridgehead atoms. The maximum absolute atomic E-state index is 13.0. The van der Waals surface area contributed by atoms with Crippen molar-refractivity contribution < 1.29 is 43.3 Å². The lowest BCUT2D eigenvalue weighted by atomic mass is 9.72. The lowest BCUT2D eigenvalue weighted by Crippen LogP contribution is -2.58. The van der Waals surface area contributed by atoms with E-state index < -0.39 is 28.9 Å². The zero-order valence-corrected chi connectivity index (χ0v) is 40.2. The number of carbonyl (C=O) groups is 2. The summed E-state index contributed by atoms with van der Waals surface area (Å²) in [5, 5.41) is 21.7. The quantitative estimate of drug-likeness (QED) is 0.0453. The van der Waals surface area contributed by atoms with Crippen molar-refractivity contribution in [2.24, 2.45) is 18.9 Å². The largest absolute Gasteiger partial charge is 0.519 e. The first-order valence-electron chi connectivity index (χ1n) is 24.3. The molecule has 1 N–H and O–H groups in total. The Bertz CT molecular complexity index is 2750. The third-order valence-corrected chi connectivity index (χ3v) is 14.5. The Morgan fingerprint density at radius 3 is 2.24 bits per heavy atom. The highest BCUT2D eigenvalue weighted by atomic mass is 16.7. The molecule has 3 saturated heterocycles. The van der Waals surface area contributed by atoms with Gasteiger partial charge >= 0.3 is 12.2 Å². The first kappa shape index (κ1) is 48.4. The molecule has 4 atom stereocenters. The molecule has 1 aliphatic carbocycles. The zero-order valence-electron chi connectivity index (χ0n) is 40.2. The van der Waals surface area contributed by atoms with E-state index in [0.717, 1.165) is 97.9 Å². The van der Waals surface area contributed by atoms with Crippen molar-refractivity contribution in [3.8, 4) is 28.4 Å². The van der Waals surface area contributed by atoms with Gasteiger partial charge in [0.2, 0.25) is 5.95 Å². The maximum atomic E-state index is 13.0. The zero-order chi connectivity index (χ0) is 49.1. The number of piperidine rings is 1. The monoisotopic (exact) mass is 959 g/mol. The second-order valence-corrected chi connectivity index (χ2v) is 19.4. The summed E-state index contributed by atoms with van der Waals surface area (Å²) < 4.78 is 31.3. The number of piperazine rings is 1. The van der Waals surface area contributed by atoms with E-state index in [1.807, 2.05) is 31.2 Å². The topological polar surface area (TPSA) is 201 Å². The molecule has 70 heavy (non-hydrogen) atoms. The summed E-state index contributed by atoms with van der Waals surface area (Å²) in [6.07, 6.45) is 6.86. The van der Waals surface area contributed by atoms with Gasteiger partial charge in [-0.15, -0.1) is 0 Å². The number of carboxylic acid groups (broad SMARTS) is 1. The van der Waals surface area contributed by atoms with Crippen molar-refractivity contribution in [2.75, 3.05) is 57.9 Å². The number of ether oxygens (including phenoxy) is 5. The molecule has 4 fully saturated rings. The van der Waals surface area contributed by atoms with Gasteiger partial charge in [0.1, 0.15) is 17.2 Å². The Morgan fingerprint density at radius 2 is 1.60 bits per heavy atom. The van der Waals surface area contributed by atoms with Crippen LogP contribution in [0.5, 0.6) is 17.2 Å². The number of pyridine rings is 1. The minimum Gasteiger partial charge on any atom is -0.496 e. The first-order valence-corrected chi connectivity index (χ1v) is 24.3. The van der Waals surface area contributed by atoms with E-state index in [2.05, 4.69) is 22.8 Å². The second kappa shape index (κ2) is 20.8. The molecule has 18 heteroatoms. The lowest BCUT2D eigenvalue weighted by molar-refractivity contribution is -0.384. The molecular weight excluding hydrogens is 899 g/mol. The molecule has 1 amide bonds. The van der Waals surface area contributed by atoms with Crippen LogP contribution >= 0.6 is 0 Å². The number of carbonyl (C=O) groups excluding carboxylic acids is 1. The molecule has 0 radical (unpaired) electrons. The summed E-state index contributed by atoms with van der Waals surface area (Å²) >= 11 is 0. The van der Waals surface area contributed by atoms with E-state index >= 15 is 0 Å². The maximum Gasteiger partial charge on any atom is 0.519 e. The number of aryl methyl sites for hydroxylation is 1. The highest BCUT2D eigenvalue weighted by molar-refractivity contribution is 5.89. The van der Waals surface area contributed by atoms with Gasteiger partial charge in [0, 0.05) is 93.8 Å². The second-order valence-electron chi connectivity index (χ2n) is 19.4. The minimum absolute atomic E-state index is 0.0760. The van der Waals surface area contributed by atoms with E-state index in [1.54, 1.807) is 37.4 Å². The molecule has 1 saturated carbocycles. The first-order chi connectivity index (χ1) is 33.8. The molecule has 370 valence electrons. The standard InChI is InChI=1S/C52H61N7O11/c1-33-29-58(50(61)62)34(2)28-57(33)30-36-20-22-56(23-21-36)49-53-44-19-10-37(43-31-55(3)46(60)26-45(43)66-4)25-42(44)48(54-49)52(27-35-8-9-35,32-68-47-7-5-6-24-67-47)38-11-15-40(16-12-38)69-51(63)70-41-17-13-39(14-18-41)59(64)65/h10-19,25-26,31,33-36,47H,5-9,20-24,27-30,32H2,1-4H3,(H,61,62)/t33-,34+,47?,52?/m0/s1. The Morgan fingerprint density at radius 1 is 0.886 bits per heavy atom.